The van der Waals surface area contributed by atoms with Gasteiger partial charge in [-0.15, -0.1) is 0 Å². The molecule has 0 bridgehead atoms. The molecule has 0 fully saturated rings. The molecule has 21 heteroatoms. The summed E-state index contributed by atoms with van der Waals surface area (Å²) in [5.41, 5.74) is 6.76. The Morgan fingerprint density at radius 3 is 1.52 bits per heavy atom. The summed E-state index contributed by atoms with van der Waals surface area (Å²) in [4.78, 5) is 30.5. The van der Waals surface area contributed by atoms with Crippen molar-refractivity contribution in [3.63, 3.8) is 0 Å². The van der Waals surface area contributed by atoms with Gasteiger partial charge >= 0.3 is 11.8 Å². The van der Waals surface area contributed by atoms with Gasteiger partial charge in [-0.05, 0) is 108 Å². The minimum atomic E-state index is -1.42. The van der Waals surface area contributed by atoms with E-state index < -0.39 is 22.8 Å². The van der Waals surface area contributed by atoms with Crippen LogP contribution in [0.15, 0.2) is 82.6 Å². The zero-order valence-electron chi connectivity index (χ0n) is 40.1. The Morgan fingerprint density at radius 2 is 1.01 bits per heavy atom. The van der Waals surface area contributed by atoms with Crippen molar-refractivity contribution in [1.82, 2.24) is 29.9 Å². The summed E-state index contributed by atoms with van der Waals surface area (Å²) in [5, 5.41) is 7.68. The summed E-state index contributed by atoms with van der Waals surface area (Å²) >= 11 is 27.4. The van der Waals surface area contributed by atoms with Crippen LogP contribution in [0.4, 0.5) is 0 Å². The van der Waals surface area contributed by atoms with Crippen LogP contribution in [0, 0.1) is 0 Å². The van der Waals surface area contributed by atoms with Crippen LogP contribution in [-0.4, -0.2) is 158 Å². The maximum absolute atomic E-state index is 13.0. The molecule has 4 N–H and O–H groups in total. The molecular weight excluding hydrogens is 1030 g/mol. The van der Waals surface area contributed by atoms with E-state index in [-0.39, 0.29) is 38.1 Å². The number of rotatable bonds is 30. The summed E-state index contributed by atoms with van der Waals surface area (Å²) in [6, 6.07) is 23.9. The van der Waals surface area contributed by atoms with Gasteiger partial charge in [-0.25, -0.2) is 8.93 Å². The van der Waals surface area contributed by atoms with E-state index in [4.69, 9.17) is 74.8 Å². The van der Waals surface area contributed by atoms with Gasteiger partial charge in [0, 0.05) is 89.2 Å². The fraction of sp³-hybridized carbons (Fsp3) is 0.480. The Hall–Kier alpha value is -2.92. The SMILES string of the molecule is CN1Cc2c(Cl)cc(Cl)cc2C(c2cccc(SNCCOCCOCCOCCNC(=O)C(=O)NCCOCCOCCOCCNS(=O)c3cccc(C4CN(C)Cc5c(Cl)cc(Cl)cc54)c3)c2)C1. The van der Waals surface area contributed by atoms with Crippen molar-refractivity contribution in [3.8, 4) is 0 Å². The number of fused-ring (bicyclic) bond motifs is 2. The van der Waals surface area contributed by atoms with Crippen molar-refractivity contribution >= 4 is 81.2 Å². The van der Waals surface area contributed by atoms with E-state index in [2.05, 4.69) is 68.2 Å². The Labute approximate surface area is 444 Å². The quantitative estimate of drug-likeness (QED) is 0.0249. The third-order valence-corrected chi connectivity index (χ3v) is 14.6. The van der Waals surface area contributed by atoms with Gasteiger partial charge in [-0.1, -0.05) is 70.7 Å². The Balaban J connectivity index is 0.683. The number of nitrogens with zero attached hydrogens (tertiary/aromatic N) is 2. The molecule has 2 aliphatic rings. The molecule has 4 aromatic carbocycles. The lowest BCUT2D eigenvalue weighted by Gasteiger charge is -2.33. The lowest BCUT2D eigenvalue weighted by molar-refractivity contribution is -0.139. The molecule has 15 nitrogen and oxygen atoms in total. The Morgan fingerprint density at radius 1 is 0.577 bits per heavy atom. The number of hydrogen-bond donors (Lipinski definition) is 4. The molecule has 0 spiro atoms. The van der Waals surface area contributed by atoms with Crippen LogP contribution in [0.2, 0.25) is 20.1 Å². The highest BCUT2D eigenvalue weighted by Crippen LogP contribution is 2.40. The molecule has 4 aromatic rings. The fourth-order valence-electron chi connectivity index (χ4n) is 8.16. The summed E-state index contributed by atoms with van der Waals surface area (Å²) in [5.74, 6) is -1.26. The maximum atomic E-state index is 13.0. The third-order valence-electron chi connectivity index (χ3n) is 11.5. The molecule has 0 radical (unpaired) electrons. The topological polar surface area (TPSA) is 161 Å². The lowest BCUT2D eigenvalue weighted by Crippen LogP contribution is -2.42. The van der Waals surface area contributed by atoms with E-state index in [0.717, 1.165) is 53.3 Å². The Kier molecular flexibility index (Phi) is 25.1. The minimum Gasteiger partial charge on any atom is -0.378 e. The van der Waals surface area contributed by atoms with Crippen molar-refractivity contribution in [1.29, 1.82) is 0 Å². The zero-order chi connectivity index (χ0) is 50.4. The zero-order valence-corrected chi connectivity index (χ0v) is 44.8. The number of nitrogens with one attached hydrogen (secondary N) is 4. The van der Waals surface area contributed by atoms with Gasteiger partial charge in [0.2, 0.25) is 0 Å². The molecule has 2 aliphatic heterocycles. The fourth-order valence-corrected chi connectivity index (χ4v) is 10.9. The second kappa shape index (κ2) is 31.1. The van der Waals surface area contributed by atoms with Gasteiger partial charge in [0.1, 0.15) is 11.0 Å². The van der Waals surface area contributed by atoms with E-state index in [9.17, 15) is 13.8 Å². The highest BCUT2D eigenvalue weighted by atomic mass is 35.5. The predicted octanol–water partition coefficient (Wildman–Crippen LogP) is 6.70. The van der Waals surface area contributed by atoms with Gasteiger partial charge in [0.05, 0.1) is 84.2 Å². The molecule has 0 aromatic heterocycles. The first-order chi connectivity index (χ1) is 34.5. The number of halogens is 4. The number of carbonyl (C=O) groups is 2. The van der Waals surface area contributed by atoms with Crippen molar-refractivity contribution in [3.05, 3.63) is 126 Å². The predicted molar refractivity (Wildman–Crippen MR) is 281 cm³/mol. The number of likely N-dealkylation sites (N-methyl/N-ethyl adjacent to an activating group) is 2. The molecule has 2 heterocycles. The average Bonchev–Trinajstić information content (AvgIpc) is 3.35. The van der Waals surface area contributed by atoms with Crippen LogP contribution >= 0.6 is 58.4 Å². The van der Waals surface area contributed by atoms with Gasteiger partial charge in [0.25, 0.3) is 0 Å². The van der Waals surface area contributed by atoms with Gasteiger partial charge in [0.15, 0.2) is 0 Å². The number of carbonyl (C=O) groups excluding carboxylic acids is 2. The molecule has 0 aliphatic carbocycles. The highest BCUT2D eigenvalue weighted by Gasteiger charge is 2.29. The molecule has 0 saturated heterocycles. The van der Waals surface area contributed by atoms with E-state index >= 15 is 0 Å². The first-order valence-corrected chi connectivity index (χ1v) is 27.0. The molecule has 388 valence electrons. The van der Waals surface area contributed by atoms with Gasteiger partial charge < -0.3 is 48.9 Å². The van der Waals surface area contributed by atoms with Crippen LogP contribution in [0.25, 0.3) is 0 Å². The number of amides is 2. The largest absolute Gasteiger partial charge is 0.378 e. The minimum absolute atomic E-state index is 0.0551. The molecule has 3 atom stereocenters. The second-order valence-corrected chi connectivity index (χ2v) is 20.8. The molecular formula is C50H64Cl4N6O9S2. The first-order valence-electron chi connectivity index (χ1n) is 23.6. The summed E-state index contributed by atoms with van der Waals surface area (Å²) in [6.45, 7) is 9.00. The monoisotopic (exact) mass is 1100 g/mol. The molecule has 3 unspecified atom stereocenters. The summed E-state index contributed by atoms with van der Waals surface area (Å²) < 4.78 is 52.8. The smallest absolute Gasteiger partial charge is 0.309 e. The van der Waals surface area contributed by atoms with E-state index in [0.29, 0.717) is 104 Å². The van der Waals surface area contributed by atoms with Crippen molar-refractivity contribution in [2.45, 2.75) is 34.7 Å². The first kappa shape index (κ1) is 57.4. The maximum Gasteiger partial charge on any atom is 0.309 e. The van der Waals surface area contributed by atoms with Crippen molar-refractivity contribution < 1.29 is 42.2 Å². The van der Waals surface area contributed by atoms with Crippen LogP contribution in [0.1, 0.15) is 45.2 Å². The van der Waals surface area contributed by atoms with Crippen molar-refractivity contribution in [2.24, 2.45) is 0 Å². The van der Waals surface area contributed by atoms with Crippen molar-refractivity contribution in [2.75, 3.05) is 133 Å². The van der Waals surface area contributed by atoms with Crippen LogP contribution in [0.5, 0.6) is 0 Å². The van der Waals surface area contributed by atoms with Crippen LogP contribution in [-0.2, 0) is 62.1 Å². The third kappa shape index (κ3) is 19.1. The number of ether oxygens (including phenoxy) is 6. The standard InChI is InChI=1S/C50H64Cl4N6O9S2/c1-59-31-43(41-27-37(51)29-47(53)45(41)33-59)35-5-3-7-39(25-35)70-57-11-15-66-19-23-68-21-17-64-13-9-55-49(61)50(62)56-10-14-65-18-22-69-24-20-67-16-12-58-71(63)40-8-4-6-36(26-40)44-32-60(2)34-46-42(44)28-38(52)30-48(46)54/h3-8,25-30,43-44,57-58H,9-24,31-34H2,1-2H3,(H,55,61)(H,56,62). The van der Waals surface area contributed by atoms with E-state index in [1.807, 2.05) is 42.5 Å². The van der Waals surface area contributed by atoms with Gasteiger partial charge in [-0.3, -0.25) is 14.3 Å². The summed E-state index contributed by atoms with van der Waals surface area (Å²) in [7, 11) is 2.75. The normalized spacial score (nSPS) is 16.4. The highest BCUT2D eigenvalue weighted by molar-refractivity contribution is 7.97. The molecule has 6 rings (SSSR count). The van der Waals surface area contributed by atoms with Crippen LogP contribution in [0.3, 0.4) is 0 Å². The van der Waals surface area contributed by atoms with Gasteiger partial charge in [-0.2, -0.15) is 0 Å². The second-order valence-electron chi connectivity index (χ2n) is 16.9. The number of hydrogen-bond acceptors (Lipinski definition) is 13. The average molecular weight is 1100 g/mol. The van der Waals surface area contributed by atoms with E-state index in [1.165, 1.54) is 11.1 Å². The Bertz CT molecular complexity index is 2360. The molecule has 0 saturated carbocycles. The van der Waals surface area contributed by atoms with E-state index in [1.54, 1.807) is 18.0 Å². The molecule has 71 heavy (non-hydrogen) atoms. The lowest BCUT2D eigenvalue weighted by atomic mass is 9.85. The summed E-state index contributed by atoms with van der Waals surface area (Å²) in [6.07, 6.45) is 0. The number of benzene rings is 4. The van der Waals surface area contributed by atoms with Crippen LogP contribution < -0.4 is 20.1 Å². The molecule has 2 amide bonds.